The molecule has 0 aliphatic heterocycles. The van der Waals surface area contributed by atoms with Crippen LogP contribution in [0.5, 0.6) is 0 Å². The van der Waals surface area contributed by atoms with Gasteiger partial charge in [0.15, 0.2) is 16.8 Å². The van der Waals surface area contributed by atoms with Gasteiger partial charge in [0.1, 0.15) is 4.88 Å². The third kappa shape index (κ3) is 3.39. The fourth-order valence-corrected chi connectivity index (χ4v) is 3.44. The number of carbonyl (C=O) groups is 2. The van der Waals surface area contributed by atoms with E-state index in [1.807, 2.05) is 0 Å². The molecule has 0 saturated heterocycles. The number of benzene rings is 1. The van der Waals surface area contributed by atoms with Gasteiger partial charge in [-0.25, -0.2) is 18.6 Å². The normalized spacial score (nSPS) is 13.6. The molecule has 3 rings (SSSR count). The highest BCUT2D eigenvalue weighted by Gasteiger charge is 2.38. The minimum absolute atomic E-state index is 0.129. The van der Waals surface area contributed by atoms with Crippen molar-refractivity contribution < 1.29 is 23.1 Å². The van der Waals surface area contributed by atoms with Crippen LogP contribution in [0.3, 0.4) is 0 Å². The van der Waals surface area contributed by atoms with E-state index in [4.69, 9.17) is 4.74 Å². The Kier molecular flexibility index (Phi) is 4.80. The van der Waals surface area contributed by atoms with Gasteiger partial charge in [0, 0.05) is 6.04 Å². The number of aromatic nitrogens is 1. The van der Waals surface area contributed by atoms with Crippen LogP contribution in [0.1, 0.15) is 45.5 Å². The lowest BCUT2D eigenvalue weighted by Gasteiger charge is -2.19. The number of nitrogens with zero attached hydrogens (tertiary/aromatic N) is 2. The Balaban J connectivity index is 1.97. The Bertz CT molecular complexity index is 833. The average Bonchev–Trinajstić information content (AvgIpc) is 3.32. The van der Waals surface area contributed by atoms with E-state index >= 15 is 0 Å². The second-order valence-corrected chi connectivity index (χ2v) is 6.62. The van der Waals surface area contributed by atoms with Gasteiger partial charge >= 0.3 is 5.97 Å². The molecule has 0 N–H and O–H groups in total. The second kappa shape index (κ2) is 6.87. The maximum atomic E-state index is 14.0. The Morgan fingerprint density at radius 3 is 2.72 bits per heavy atom. The number of hydrogen-bond acceptors (Lipinski definition) is 5. The monoisotopic (exact) mass is 366 g/mol. The van der Waals surface area contributed by atoms with Gasteiger partial charge in [-0.1, -0.05) is 17.4 Å². The number of thiazole rings is 1. The molecule has 0 unspecified atom stereocenters. The highest BCUT2D eigenvalue weighted by Crippen LogP contribution is 2.37. The zero-order valence-electron chi connectivity index (χ0n) is 13.7. The second-order valence-electron chi connectivity index (χ2n) is 5.64. The Morgan fingerprint density at radius 1 is 1.36 bits per heavy atom. The first-order valence-electron chi connectivity index (χ1n) is 7.86. The number of halogens is 2. The van der Waals surface area contributed by atoms with Crippen LogP contribution >= 0.6 is 11.3 Å². The molecule has 132 valence electrons. The molecule has 5 nitrogen and oxygen atoms in total. The summed E-state index contributed by atoms with van der Waals surface area (Å²) in [6.45, 7) is 3.57. The predicted molar refractivity (Wildman–Crippen MR) is 89.0 cm³/mol. The molecule has 1 aromatic carbocycles. The maximum Gasteiger partial charge on any atom is 0.350 e. The molecule has 1 aromatic heterocycles. The fraction of sp³-hybridized carbons (Fsp3) is 0.353. The Morgan fingerprint density at radius 2 is 2.08 bits per heavy atom. The van der Waals surface area contributed by atoms with Crippen molar-refractivity contribution in [2.24, 2.45) is 0 Å². The predicted octanol–water partition coefficient (Wildman–Crippen LogP) is 3.72. The minimum atomic E-state index is -1.18. The number of anilines is 1. The van der Waals surface area contributed by atoms with Crippen molar-refractivity contribution in [1.82, 2.24) is 4.98 Å². The molecule has 1 aliphatic rings. The van der Waals surface area contributed by atoms with Gasteiger partial charge < -0.3 is 4.74 Å². The van der Waals surface area contributed by atoms with Crippen LogP contribution in [0.2, 0.25) is 0 Å². The van der Waals surface area contributed by atoms with Crippen molar-refractivity contribution in [2.45, 2.75) is 32.7 Å². The van der Waals surface area contributed by atoms with Gasteiger partial charge in [0.25, 0.3) is 5.91 Å². The van der Waals surface area contributed by atoms with Crippen LogP contribution in [0.4, 0.5) is 13.9 Å². The van der Waals surface area contributed by atoms with Gasteiger partial charge in [0.05, 0.1) is 17.9 Å². The molecule has 0 spiro atoms. The summed E-state index contributed by atoms with van der Waals surface area (Å²) >= 11 is 1.02. The summed E-state index contributed by atoms with van der Waals surface area (Å²) < 4.78 is 32.4. The van der Waals surface area contributed by atoms with Crippen LogP contribution < -0.4 is 4.90 Å². The molecule has 0 bridgehead atoms. The van der Waals surface area contributed by atoms with Crippen molar-refractivity contribution in [3.8, 4) is 0 Å². The van der Waals surface area contributed by atoms with E-state index < -0.39 is 23.5 Å². The first-order valence-corrected chi connectivity index (χ1v) is 8.67. The van der Waals surface area contributed by atoms with Gasteiger partial charge in [-0.2, -0.15) is 0 Å². The standard InChI is InChI=1S/C17H16F2N2O3S/c1-3-24-16(23)14-9(2)20-17(25-14)21(10-7-8-10)15(22)11-5-4-6-12(18)13(11)19/h4-6,10H,3,7-8H2,1-2H3. The van der Waals surface area contributed by atoms with E-state index in [1.165, 1.54) is 17.0 Å². The smallest absolute Gasteiger partial charge is 0.350 e. The fourth-order valence-electron chi connectivity index (χ4n) is 2.41. The first-order chi connectivity index (χ1) is 11.9. The number of aryl methyl sites for hydroxylation is 1. The lowest BCUT2D eigenvalue weighted by molar-refractivity contribution is 0.0531. The number of ether oxygens (including phenoxy) is 1. The van der Waals surface area contributed by atoms with Crippen molar-refractivity contribution in [3.05, 3.63) is 46.0 Å². The van der Waals surface area contributed by atoms with Crippen LogP contribution in [0, 0.1) is 18.6 Å². The van der Waals surface area contributed by atoms with Crippen LogP contribution in [0.15, 0.2) is 18.2 Å². The number of esters is 1. The van der Waals surface area contributed by atoms with Crippen LogP contribution in [-0.2, 0) is 4.74 Å². The summed E-state index contributed by atoms with van der Waals surface area (Å²) in [5.41, 5.74) is 0.0917. The molecule has 2 aromatic rings. The number of rotatable bonds is 5. The highest BCUT2D eigenvalue weighted by molar-refractivity contribution is 7.17. The molecule has 1 heterocycles. The molecule has 1 saturated carbocycles. The van der Waals surface area contributed by atoms with Crippen LogP contribution in [0.25, 0.3) is 0 Å². The average molecular weight is 366 g/mol. The van der Waals surface area contributed by atoms with E-state index in [9.17, 15) is 18.4 Å². The van der Waals surface area contributed by atoms with Crippen molar-refractivity contribution in [2.75, 3.05) is 11.5 Å². The van der Waals surface area contributed by atoms with E-state index in [1.54, 1.807) is 13.8 Å². The SMILES string of the molecule is CCOC(=O)c1sc(N(C(=O)c2cccc(F)c2F)C2CC2)nc1C. The molecule has 1 aliphatic carbocycles. The molecule has 1 fully saturated rings. The van der Waals surface area contributed by atoms with Gasteiger partial charge in [-0.05, 0) is 38.8 Å². The summed E-state index contributed by atoms with van der Waals surface area (Å²) in [4.78, 5) is 30.7. The van der Waals surface area contributed by atoms with Gasteiger partial charge in [0.2, 0.25) is 0 Å². The number of carbonyl (C=O) groups excluding carboxylic acids is 2. The highest BCUT2D eigenvalue weighted by atomic mass is 32.1. The third-order valence-electron chi connectivity index (χ3n) is 3.77. The maximum absolute atomic E-state index is 14.0. The molecule has 25 heavy (non-hydrogen) atoms. The lowest BCUT2D eigenvalue weighted by atomic mass is 10.2. The van der Waals surface area contributed by atoms with Gasteiger partial charge in [-0.3, -0.25) is 9.69 Å². The zero-order chi connectivity index (χ0) is 18.1. The quantitative estimate of drug-likeness (QED) is 0.757. The van der Waals surface area contributed by atoms with Crippen molar-refractivity contribution in [3.63, 3.8) is 0 Å². The molecule has 0 radical (unpaired) electrons. The van der Waals surface area contributed by atoms with E-state index in [-0.39, 0.29) is 23.3 Å². The molecule has 0 atom stereocenters. The van der Waals surface area contributed by atoms with Crippen LogP contribution in [-0.4, -0.2) is 29.5 Å². The molecule has 8 heteroatoms. The summed E-state index contributed by atoms with van der Waals surface area (Å²) in [6, 6.07) is 3.35. The number of amides is 1. The van der Waals surface area contributed by atoms with Gasteiger partial charge in [-0.15, -0.1) is 0 Å². The summed E-state index contributed by atoms with van der Waals surface area (Å²) in [7, 11) is 0. The molecular weight excluding hydrogens is 350 g/mol. The van der Waals surface area contributed by atoms with Crippen molar-refractivity contribution >= 4 is 28.3 Å². The first kappa shape index (κ1) is 17.5. The van der Waals surface area contributed by atoms with E-state index in [2.05, 4.69) is 4.98 Å². The Hall–Kier alpha value is -2.35. The summed E-state index contributed by atoms with van der Waals surface area (Å²) in [6.07, 6.45) is 1.49. The molecular formula is C17H16F2N2O3S. The number of hydrogen-bond donors (Lipinski definition) is 0. The van der Waals surface area contributed by atoms with E-state index in [0.717, 1.165) is 30.2 Å². The molecule has 1 amide bonds. The largest absolute Gasteiger partial charge is 0.462 e. The van der Waals surface area contributed by atoms with Crippen molar-refractivity contribution in [1.29, 1.82) is 0 Å². The zero-order valence-corrected chi connectivity index (χ0v) is 14.5. The third-order valence-corrected chi connectivity index (χ3v) is 4.90. The minimum Gasteiger partial charge on any atom is -0.462 e. The Labute approximate surface area is 147 Å². The topological polar surface area (TPSA) is 59.5 Å². The summed E-state index contributed by atoms with van der Waals surface area (Å²) in [5.74, 6) is -3.44. The van der Waals surface area contributed by atoms with E-state index in [0.29, 0.717) is 10.6 Å². The summed E-state index contributed by atoms with van der Waals surface area (Å²) in [5, 5.41) is 0.289. The lowest BCUT2D eigenvalue weighted by Crippen LogP contribution is -2.33.